The Labute approximate surface area is 121 Å². The van der Waals surface area contributed by atoms with E-state index < -0.39 is 17.7 Å². The number of carbonyl (C=O) groups is 1. The summed E-state index contributed by atoms with van der Waals surface area (Å²) in [6.07, 6.45) is 1.05. The molecule has 2 rings (SSSR count). The average molecular weight is 291 g/mol. The van der Waals surface area contributed by atoms with Crippen molar-refractivity contribution >= 4 is 11.6 Å². The molecule has 0 atom stereocenters. The minimum Gasteiger partial charge on any atom is -0.378 e. The highest BCUT2D eigenvalue weighted by atomic mass is 19.2. The molecule has 1 aromatic heterocycles. The third kappa shape index (κ3) is 3.53. The molecule has 0 bridgehead atoms. The Balaban J connectivity index is 2.02. The fourth-order valence-corrected chi connectivity index (χ4v) is 1.78. The lowest BCUT2D eigenvalue weighted by Gasteiger charge is -2.13. The van der Waals surface area contributed by atoms with E-state index in [1.54, 1.807) is 0 Å². The Bertz CT molecular complexity index is 642. The van der Waals surface area contributed by atoms with Gasteiger partial charge in [0.1, 0.15) is 0 Å². The number of halogens is 2. The summed E-state index contributed by atoms with van der Waals surface area (Å²) in [6.45, 7) is 0.232. The number of nitrogens with zero attached hydrogens (tertiary/aromatic N) is 2. The fourth-order valence-electron chi connectivity index (χ4n) is 1.78. The summed E-state index contributed by atoms with van der Waals surface area (Å²) in [5.74, 6) is -3.19. The number of anilines is 1. The Hall–Kier alpha value is -2.50. The minimum absolute atomic E-state index is 0.232. The minimum atomic E-state index is -1.28. The molecular formula is C15H15F2N3O. The molecule has 1 N–H and O–H groups in total. The van der Waals surface area contributed by atoms with Gasteiger partial charge in [-0.1, -0.05) is 12.1 Å². The molecule has 2 aromatic rings. The largest absolute Gasteiger partial charge is 0.378 e. The van der Waals surface area contributed by atoms with Gasteiger partial charge in [0.05, 0.1) is 5.56 Å². The van der Waals surface area contributed by atoms with Crippen LogP contribution in [0.5, 0.6) is 0 Å². The summed E-state index contributed by atoms with van der Waals surface area (Å²) in [5.41, 5.74) is 1.55. The monoisotopic (exact) mass is 291 g/mol. The summed E-state index contributed by atoms with van der Waals surface area (Å²) in [4.78, 5) is 16.9. The van der Waals surface area contributed by atoms with E-state index in [0.29, 0.717) is 0 Å². The number of pyridine rings is 1. The number of amides is 1. The van der Waals surface area contributed by atoms with E-state index in [1.807, 2.05) is 43.3 Å². The summed E-state index contributed by atoms with van der Waals surface area (Å²) < 4.78 is 26.4. The first kappa shape index (κ1) is 14.9. The number of aromatic nitrogens is 1. The first-order chi connectivity index (χ1) is 9.99. The third-order valence-corrected chi connectivity index (χ3v) is 3.00. The number of carbonyl (C=O) groups excluding carboxylic acids is 1. The van der Waals surface area contributed by atoms with Crippen LogP contribution < -0.4 is 10.2 Å². The van der Waals surface area contributed by atoms with Crippen LogP contribution in [0.25, 0.3) is 0 Å². The van der Waals surface area contributed by atoms with Crippen molar-refractivity contribution in [2.24, 2.45) is 0 Å². The topological polar surface area (TPSA) is 45.2 Å². The fraction of sp³-hybridized carbons (Fsp3) is 0.200. The molecule has 0 aliphatic heterocycles. The van der Waals surface area contributed by atoms with Gasteiger partial charge in [-0.15, -0.1) is 0 Å². The Morgan fingerprint density at radius 1 is 1.19 bits per heavy atom. The lowest BCUT2D eigenvalue weighted by molar-refractivity contribution is 0.0945. The molecule has 21 heavy (non-hydrogen) atoms. The quantitative estimate of drug-likeness (QED) is 0.880. The maximum absolute atomic E-state index is 13.4. The van der Waals surface area contributed by atoms with Gasteiger partial charge in [-0.25, -0.2) is 9.37 Å². The maximum Gasteiger partial charge on any atom is 0.254 e. The molecule has 110 valence electrons. The van der Waals surface area contributed by atoms with Gasteiger partial charge in [-0.2, -0.15) is 4.39 Å². The normalized spacial score (nSPS) is 10.3. The Morgan fingerprint density at radius 2 is 1.86 bits per heavy atom. The van der Waals surface area contributed by atoms with Crippen molar-refractivity contribution in [3.8, 4) is 0 Å². The van der Waals surface area contributed by atoms with Crippen LogP contribution in [0.1, 0.15) is 15.9 Å². The van der Waals surface area contributed by atoms with Crippen LogP contribution in [0.4, 0.5) is 14.5 Å². The van der Waals surface area contributed by atoms with Crippen molar-refractivity contribution in [1.29, 1.82) is 0 Å². The molecule has 0 aliphatic rings. The standard InChI is InChI=1S/C15H15F2N3O/c1-20(2)11-5-3-10(4-6-11)9-19-15(21)12-7-8-18-14(17)13(12)16/h3-8H,9H2,1-2H3,(H,19,21). The molecule has 4 nitrogen and oxygen atoms in total. The van der Waals surface area contributed by atoms with Crippen molar-refractivity contribution in [1.82, 2.24) is 10.3 Å². The van der Waals surface area contributed by atoms with Gasteiger partial charge < -0.3 is 10.2 Å². The Kier molecular flexibility index (Phi) is 4.47. The molecule has 6 heteroatoms. The zero-order valence-electron chi connectivity index (χ0n) is 11.7. The van der Waals surface area contributed by atoms with Gasteiger partial charge in [0.25, 0.3) is 5.91 Å². The first-order valence-electron chi connectivity index (χ1n) is 6.33. The van der Waals surface area contributed by atoms with Gasteiger partial charge in [-0.05, 0) is 23.8 Å². The van der Waals surface area contributed by atoms with E-state index in [0.717, 1.165) is 23.5 Å². The second-order valence-electron chi connectivity index (χ2n) is 4.71. The van der Waals surface area contributed by atoms with Gasteiger partial charge >= 0.3 is 0 Å². The number of hydrogen-bond acceptors (Lipinski definition) is 3. The van der Waals surface area contributed by atoms with Crippen LogP contribution in [0.3, 0.4) is 0 Å². The maximum atomic E-state index is 13.4. The van der Waals surface area contributed by atoms with Gasteiger partial charge in [0, 0.05) is 32.5 Å². The van der Waals surface area contributed by atoms with Gasteiger partial charge in [-0.3, -0.25) is 4.79 Å². The predicted molar refractivity (Wildman–Crippen MR) is 76.1 cm³/mol. The van der Waals surface area contributed by atoms with Crippen molar-refractivity contribution in [2.45, 2.75) is 6.54 Å². The second kappa shape index (κ2) is 6.30. The van der Waals surface area contributed by atoms with E-state index >= 15 is 0 Å². The molecule has 0 unspecified atom stereocenters. The van der Waals surface area contributed by atoms with Crippen LogP contribution in [-0.2, 0) is 6.54 Å². The zero-order valence-corrected chi connectivity index (χ0v) is 11.7. The molecule has 0 saturated heterocycles. The summed E-state index contributed by atoms with van der Waals surface area (Å²) >= 11 is 0. The van der Waals surface area contributed by atoms with E-state index in [2.05, 4.69) is 10.3 Å². The second-order valence-corrected chi connectivity index (χ2v) is 4.71. The van der Waals surface area contributed by atoms with Crippen molar-refractivity contribution < 1.29 is 13.6 Å². The number of benzene rings is 1. The number of nitrogens with one attached hydrogen (secondary N) is 1. The smallest absolute Gasteiger partial charge is 0.254 e. The van der Waals surface area contributed by atoms with Crippen molar-refractivity contribution in [2.75, 3.05) is 19.0 Å². The molecule has 1 amide bonds. The third-order valence-electron chi connectivity index (χ3n) is 3.00. The summed E-state index contributed by atoms with van der Waals surface area (Å²) in [7, 11) is 3.86. The van der Waals surface area contributed by atoms with Crippen molar-refractivity contribution in [3.05, 3.63) is 59.4 Å². The SMILES string of the molecule is CN(C)c1ccc(CNC(=O)c2ccnc(F)c2F)cc1. The van der Waals surface area contributed by atoms with Crippen LogP contribution >= 0.6 is 0 Å². The molecule has 1 heterocycles. The zero-order chi connectivity index (χ0) is 15.4. The van der Waals surface area contributed by atoms with E-state index in [1.165, 1.54) is 0 Å². The highest BCUT2D eigenvalue weighted by molar-refractivity contribution is 5.94. The van der Waals surface area contributed by atoms with Crippen LogP contribution in [-0.4, -0.2) is 25.0 Å². The lowest BCUT2D eigenvalue weighted by atomic mass is 10.2. The molecular weight excluding hydrogens is 276 g/mol. The van der Waals surface area contributed by atoms with Gasteiger partial charge in [0.15, 0.2) is 5.82 Å². The van der Waals surface area contributed by atoms with Crippen LogP contribution in [0, 0.1) is 11.8 Å². The highest BCUT2D eigenvalue weighted by Gasteiger charge is 2.15. The summed E-state index contributed by atoms with van der Waals surface area (Å²) in [6, 6.07) is 8.68. The van der Waals surface area contributed by atoms with Gasteiger partial charge in [0.2, 0.25) is 5.95 Å². The Morgan fingerprint density at radius 3 is 2.48 bits per heavy atom. The molecule has 0 aliphatic carbocycles. The van der Waals surface area contributed by atoms with Crippen LogP contribution in [0.2, 0.25) is 0 Å². The highest BCUT2D eigenvalue weighted by Crippen LogP contribution is 2.13. The molecule has 0 radical (unpaired) electrons. The van der Waals surface area contributed by atoms with Crippen molar-refractivity contribution in [3.63, 3.8) is 0 Å². The first-order valence-corrected chi connectivity index (χ1v) is 6.33. The molecule has 0 saturated carbocycles. The lowest BCUT2D eigenvalue weighted by Crippen LogP contribution is -2.24. The predicted octanol–water partition coefficient (Wildman–Crippen LogP) is 2.36. The van der Waals surface area contributed by atoms with E-state index in [9.17, 15) is 13.6 Å². The number of hydrogen-bond donors (Lipinski definition) is 1. The van der Waals surface area contributed by atoms with E-state index in [-0.39, 0.29) is 12.1 Å². The van der Waals surface area contributed by atoms with E-state index in [4.69, 9.17) is 0 Å². The van der Waals surface area contributed by atoms with Crippen LogP contribution in [0.15, 0.2) is 36.5 Å². The molecule has 1 aromatic carbocycles. The average Bonchev–Trinajstić information content (AvgIpc) is 2.48. The molecule has 0 fully saturated rings. The number of rotatable bonds is 4. The molecule has 0 spiro atoms. The summed E-state index contributed by atoms with van der Waals surface area (Å²) in [5, 5.41) is 2.54.